The van der Waals surface area contributed by atoms with Crippen molar-refractivity contribution in [2.45, 2.75) is 18.6 Å². The smallest absolute Gasteiger partial charge is 0.248 e. The summed E-state index contributed by atoms with van der Waals surface area (Å²) in [5.74, 6) is 0.811. The van der Waals surface area contributed by atoms with E-state index in [4.69, 9.17) is 12.2 Å². The summed E-state index contributed by atoms with van der Waals surface area (Å²) < 4.78 is 2.00. The molecule has 3 aromatic rings. The van der Waals surface area contributed by atoms with Crippen LogP contribution in [0.15, 0.2) is 53.0 Å². The predicted octanol–water partition coefficient (Wildman–Crippen LogP) is 3.14. The summed E-state index contributed by atoms with van der Waals surface area (Å²) in [5.41, 5.74) is 6.11. The van der Waals surface area contributed by atoms with Crippen molar-refractivity contribution in [3.05, 3.63) is 47.8 Å². The maximum Gasteiger partial charge on any atom is 0.248 e. The number of nitrogens with zero attached hydrogens (tertiary/aromatic N) is 3. The molecule has 10 heteroatoms. The van der Waals surface area contributed by atoms with E-state index < -0.39 is 0 Å². The number of anilines is 1. The number of rotatable bonds is 6. The van der Waals surface area contributed by atoms with Crippen molar-refractivity contribution in [3.8, 4) is 10.7 Å². The molecule has 0 aliphatic rings. The maximum atomic E-state index is 12.1. The first-order valence-electron chi connectivity index (χ1n) is 8.18. The van der Waals surface area contributed by atoms with Gasteiger partial charge in [-0.1, -0.05) is 36.0 Å². The summed E-state index contributed by atoms with van der Waals surface area (Å²) in [4.78, 5) is 13.1. The minimum Gasteiger partial charge on any atom is -0.331 e. The quantitative estimate of drug-likeness (QED) is 0.322. The van der Waals surface area contributed by atoms with Crippen molar-refractivity contribution in [1.29, 1.82) is 0 Å². The van der Waals surface area contributed by atoms with Gasteiger partial charge in [0.25, 0.3) is 0 Å². The monoisotopic (exact) mass is 418 g/mol. The number of thiophene rings is 1. The van der Waals surface area contributed by atoms with Crippen molar-refractivity contribution in [3.63, 3.8) is 0 Å². The molecule has 3 N–H and O–H groups in total. The molecule has 2 heterocycles. The summed E-state index contributed by atoms with van der Waals surface area (Å²) in [6.07, 6.45) is 0. The normalized spacial score (nSPS) is 10.4. The fourth-order valence-corrected chi connectivity index (χ4v) is 3.93. The molecule has 0 aliphatic carbocycles. The average molecular weight is 419 g/mol. The number of para-hydroxylation sites is 1. The largest absolute Gasteiger partial charge is 0.331 e. The third kappa shape index (κ3) is 5.28. The minimum absolute atomic E-state index is 0.198. The Bertz CT molecular complexity index is 895. The number of hydrazine groups is 1. The summed E-state index contributed by atoms with van der Waals surface area (Å²) in [5, 5.41) is 14.5. The van der Waals surface area contributed by atoms with Crippen LogP contribution in [0.25, 0.3) is 10.7 Å². The van der Waals surface area contributed by atoms with Crippen molar-refractivity contribution in [2.75, 3.05) is 11.1 Å². The second kappa shape index (κ2) is 9.49. The van der Waals surface area contributed by atoms with Crippen molar-refractivity contribution in [2.24, 2.45) is 0 Å². The van der Waals surface area contributed by atoms with E-state index in [1.54, 1.807) is 11.3 Å². The van der Waals surface area contributed by atoms with E-state index in [0.717, 1.165) is 22.9 Å². The SMILES string of the molecule is CCn1c(SCC(=O)NNC(=S)Nc2ccccc2)nnc1-c1cccs1. The van der Waals surface area contributed by atoms with Gasteiger partial charge >= 0.3 is 0 Å². The number of hydrogen-bond acceptors (Lipinski definition) is 6. The third-order valence-electron chi connectivity index (χ3n) is 3.45. The first-order chi connectivity index (χ1) is 13.2. The number of thioether (sulfide) groups is 1. The molecule has 0 saturated carbocycles. The predicted molar refractivity (Wildman–Crippen MR) is 114 cm³/mol. The highest BCUT2D eigenvalue weighted by atomic mass is 32.2. The van der Waals surface area contributed by atoms with Crippen molar-refractivity contribution < 1.29 is 4.79 Å². The highest BCUT2D eigenvalue weighted by Crippen LogP contribution is 2.26. The lowest BCUT2D eigenvalue weighted by Gasteiger charge is -2.11. The van der Waals surface area contributed by atoms with Crippen LogP contribution in [0, 0.1) is 0 Å². The summed E-state index contributed by atoms with van der Waals surface area (Å²) in [6, 6.07) is 13.5. The van der Waals surface area contributed by atoms with Crippen LogP contribution in [0.2, 0.25) is 0 Å². The zero-order chi connectivity index (χ0) is 19.1. The van der Waals surface area contributed by atoms with Gasteiger partial charge in [-0.3, -0.25) is 15.6 Å². The van der Waals surface area contributed by atoms with E-state index in [0.29, 0.717) is 10.3 Å². The van der Waals surface area contributed by atoms with Crippen LogP contribution < -0.4 is 16.2 Å². The number of thiocarbonyl (C=S) groups is 1. The lowest BCUT2D eigenvalue weighted by molar-refractivity contribution is -0.119. The number of hydrogen-bond donors (Lipinski definition) is 3. The molecule has 0 aliphatic heterocycles. The van der Waals surface area contributed by atoms with Gasteiger partial charge in [-0.15, -0.1) is 21.5 Å². The molecule has 27 heavy (non-hydrogen) atoms. The van der Waals surface area contributed by atoms with Gasteiger partial charge < -0.3 is 9.88 Å². The molecule has 2 aromatic heterocycles. The number of amides is 1. The van der Waals surface area contributed by atoms with Crippen LogP contribution in [0.4, 0.5) is 5.69 Å². The second-order valence-electron chi connectivity index (χ2n) is 5.31. The Balaban J connectivity index is 1.49. The van der Waals surface area contributed by atoms with Gasteiger partial charge in [-0.25, -0.2) is 0 Å². The van der Waals surface area contributed by atoms with Crippen LogP contribution >= 0.6 is 35.3 Å². The molecule has 7 nitrogen and oxygen atoms in total. The van der Waals surface area contributed by atoms with E-state index in [9.17, 15) is 4.79 Å². The Morgan fingerprint density at radius 1 is 1.19 bits per heavy atom. The molecule has 140 valence electrons. The number of carbonyl (C=O) groups is 1. The van der Waals surface area contributed by atoms with Gasteiger partial charge in [-0.2, -0.15) is 0 Å². The number of aromatic nitrogens is 3. The minimum atomic E-state index is -0.208. The van der Waals surface area contributed by atoms with E-state index in [1.807, 2.05) is 59.3 Å². The standard InChI is InChI=1S/C17H18N6OS3/c1-2-23-15(13-9-6-10-26-13)20-22-17(23)27-11-14(24)19-21-16(25)18-12-7-4-3-5-8-12/h3-10H,2,11H2,1H3,(H,19,24)(H2,18,21,25). The summed E-state index contributed by atoms with van der Waals surface area (Å²) in [7, 11) is 0. The number of carbonyl (C=O) groups excluding carboxylic acids is 1. The maximum absolute atomic E-state index is 12.1. The molecule has 3 rings (SSSR count). The zero-order valence-electron chi connectivity index (χ0n) is 14.5. The second-order valence-corrected chi connectivity index (χ2v) is 7.61. The number of benzene rings is 1. The van der Waals surface area contributed by atoms with Gasteiger partial charge in [0.15, 0.2) is 16.1 Å². The van der Waals surface area contributed by atoms with Crippen LogP contribution in [-0.2, 0) is 11.3 Å². The van der Waals surface area contributed by atoms with E-state index >= 15 is 0 Å². The first kappa shape index (κ1) is 19.3. The summed E-state index contributed by atoms with van der Waals surface area (Å²) >= 11 is 8.10. The Kier molecular flexibility index (Phi) is 6.80. The van der Waals surface area contributed by atoms with Gasteiger partial charge in [-0.05, 0) is 42.7 Å². The van der Waals surface area contributed by atoms with Crippen LogP contribution in [0.1, 0.15) is 6.92 Å². The highest BCUT2D eigenvalue weighted by Gasteiger charge is 2.15. The van der Waals surface area contributed by atoms with E-state index in [1.165, 1.54) is 11.8 Å². The number of nitrogens with one attached hydrogen (secondary N) is 3. The molecule has 0 atom stereocenters. The molecular weight excluding hydrogens is 400 g/mol. The van der Waals surface area contributed by atoms with Crippen LogP contribution in [-0.4, -0.2) is 31.5 Å². The molecule has 1 amide bonds. The van der Waals surface area contributed by atoms with E-state index in [-0.39, 0.29) is 11.7 Å². The van der Waals surface area contributed by atoms with Crippen LogP contribution in [0.3, 0.4) is 0 Å². The van der Waals surface area contributed by atoms with Crippen LogP contribution in [0.5, 0.6) is 0 Å². The molecule has 0 bridgehead atoms. The van der Waals surface area contributed by atoms with Crippen molar-refractivity contribution >= 4 is 52.0 Å². The molecule has 0 saturated heterocycles. The Morgan fingerprint density at radius 2 is 2.00 bits per heavy atom. The van der Waals surface area contributed by atoms with Gasteiger partial charge in [0.2, 0.25) is 5.91 Å². The molecular formula is C17H18N6OS3. The summed E-state index contributed by atoms with van der Waals surface area (Å²) in [6.45, 7) is 2.76. The Morgan fingerprint density at radius 3 is 2.70 bits per heavy atom. The third-order valence-corrected chi connectivity index (χ3v) is 5.49. The average Bonchev–Trinajstić information content (AvgIpc) is 3.34. The molecule has 0 unspecified atom stereocenters. The highest BCUT2D eigenvalue weighted by molar-refractivity contribution is 7.99. The lowest BCUT2D eigenvalue weighted by atomic mass is 10.3. The van der Waals surface area contributed by atoms with Crippen molar-refractivity contribution in [1.82, 2.24) is 25.6 Å². The van der Waals surface area contributed by atoms with Gasteiger partial charge in [0.1, 0.15) is 0 Å². The Labute approximate surface area is 170 Å². The molecule has 0 fully saturated rings. The fraction of sp³-hybridized carbons (Fsp3) is 0.176. The van der Waals surface area contributed by atoms with Gasteiger partial charge in [0.05, 0.1) is 10.6 Å². The first-order valence-corrected chi connectivity index (χ1v) is 10.5. The molecule has 1 aromatic carbocycles. The molecule has 0 radical (unpaired) electrons. The van der Waals surface area contributed by atoms with E-state index in [2.05, 4.69) is 26.4 Å². The molecule has 0 spiro atoms. The topological polar surface area (TPSA) is 83.9 Å². The fourth-order valence-electron chi connectivity index (χ4n) is 2.25. The lowest BCUT2D eigenvalue weighted by Crippen LogP contribution is -2.44. The van der Waals surface area contributed by atoms with Gasteiger partial charge in [0, 0.05) is 12.2 Å². The Hall–Kier alpha value is -2.43. The zero-order valence-corrected chi connectivity index (χ0v) is 17.0.